The number of H-pyrrole nitrogens is 1. The molecule has 0 saturated heterocycles. The van der Waals surface area contributed by atoms with Gasteiger partial charge in [0.25, 0.3) is 0 Å². The highest BCUT2D eigenvalue weighted by molar-refractivity contribution is 7.89. The Kier molecular flexibility index (Phi) is 10.0. The standard InChI is InChI=1S/C28H36F3N3O3S/c1-4-5-16-38(36,37)34(18-21(2)3)20-27(35)33(19-22-10-12-24(13-11-22)28(29,30)31)15-14-23-17-32-26-9-7-6-8-25(23)26/h6-13,17,21,32H,4-5,14-16,18-20H2,1-3H3. The predicted molar refractivity (Wildman–Crippen MR) is 144 cm³/mol. The third-order valence-electron chi connectivity index (χ3n) is 6.36. The summed E-state index contributed by atoms with van der Waals surface area (Å²) in [6.07, 6.45) is -0.850. The molecule has 1 amide bonds. The van der Waals surface area contributed by atoms with Gasteiger partial charge in [0.15, 0.2) is 0 Å². The van der Waals surface area contributed by atoms with E-state index in [4.69, 9.17) is 0 Å². The molecule has 0 bridgehead atoms. The Morgan fingerprint density at radius 3 is 2.37 bits per heavy atom. The van der Waals surface area contributed by atoms with Gasteiger partial charge in [-0.25, -0.2) is 8.42 Å². The summed E-state index contributed by atoms with van der Waals surface area (Å²) >= 11 is 0. The number of hydrogen-bond donors (Lipinski definition) is 1. The summed E-state index contributed by atoms with van der Waals surface area (Å²) < 4.78 is 66.4. The quantitative estimate of drug-likeness (QED) is 0.290. The van der Waals surface area contributed by atoms with Crippen LogP contribution in [-0.2, 0) is 34.0 Å². The number of hydrogen-bond acceptors (Lipinski definition) is 3. The Bertz CT molecular complexity index is 1300. The number of carbonyl (C=O) groups is 1. The van der Waals surface area contributed by atoms with E-state index in [1.807, 2.05) is 51.2 Å². The van der Waals surface area contributed by atoms with Crippen LogP contribution in [0.4, 0.5) is 13.2 Å². The molecule has 0 spiro atoms. The monoisotopic (exact) mass is 551 g/mol. The minimum Gasteiger partial charge on any atom is -0.361 e. The fourth-order valence-electron chi connectivity index (χ4n) is 4.30. The van der Waals surface area contributed by atoms with Crippen LogP contribution in [0.1, 0.15) is 50.3 Å². The van der Waals surface area contributed by atoms with E-state index in [0.717, 1.165) is 28.6 Å². The molecule has 0 aliphatic carbocycles. The van der Waals surface area contributed by atoms with Crippen molar-refractivity contribution in [2.24, 2.45) is 5.92 Å². The molecule has 208 valence electrons. The number of aromatic amines is 1. The number of halogens is 3. The van der Waals surface area contributed by atoms with E-state index in [1.54, 1.807) is 0 Å². The molecule has 1 heterocycles. The predicted octanol–water partition coefficient (Wildman–Crippen LogP) is 5.85. The molecule has 1 aromatic heterocycles. The summed E-state index contributed by atoms with van der Waals surface area (Å²) in [4.78, 5) is 18.3. The van der Waals surface area contributed by atoms with Gasteiger partial charge in [-0.2, -0.15) is 17.5 Å². The van der Waals surface area contributed by atoms with Crippen molar-refractivity contribution in [1.82, 2.24) is 14.2 Å². The Balaban J connectivity index is 1.84. The van der Waals surface area contributed by atoms with E-state index in [9.17, 15) is 26.4 Å². The minimum absolute atomic E-state index is 0.0220. The zero-order chi connectivity index (χ0) is 27.9. The Morgan fingerprint density at radius 1 is 1.05 bits per heavy atom. The molecular formula is C28H36F3N3O3S. The summed E-state index contributed by atoms with van der Waals surface area (Å²) in [6.45, 7) is 5.96. The molecule has 6 nitrogen and oxygen atoms in total. The van der Waals surface area contributed by atoms with E-state index in [-0.39, 0.29) is 43.8 Å². The smallest absolute Gasteiger partial charge is 0.361 e. The van der Waals surface area contributed by atoms with Crippen LogP contribution < -0.4 is 0 Å². The second kappa shape index (κ2) is 12.8. The third-order valence-corrected chi connectivity index (χ3v) is 8.23. The van der Waals surface area contributed by atoms with Crippen LogP contribution in [0, 0.1) is 5.92 Å². The molecule has 0 aliphatic rings. The molecule has 10 heteroatoms. The molecule has 3 rings (SSSR count). The first-order valence-corrected chi connectivity index (χ1v) is 14.5. The number of aromatic nitrogens is 1. The van der Waals surface area contributed by atoms with Crippen molar-refractivity contribution in [3.8, 4) is 0 Å². The average molecular weight is 552 g/mol. The van der Waals surface area contributed by atoms with Gasteiger partial charge in [-0.05, 0) is 48.1 Å². The highest BCUT2D eigenvalue weighted by atomic mass is 32.2. The van der Waals surface area contributed by atoms with Crippen LogP contribution in [-0.4, -0.2) is 53.9 Å². The molecule has 0 unspecified atom stereocenters. The van der Waals surface area contributed by atoms with Gasteiger partial charge in [-0.1, -0.05) is 57.5 Å². The van der Waals surface area contributed by atoms with Gasteiger partial charge in [0.1, 0.15) is 0 Å². The largest absolute Gasteiger partial charge is 0.416 e. The Morgan fingerprint density at radius 2 is 1.74 bits per heavy atom. The van der Waals surface area contributed by atoms with Crippen LogP contribution in [0.5, 0.6) is 0 Å². The first kappa shape index (κ1) is 29.7. The lowest BCUT2D eigenvalue weighted by atomic mass is 10.1. The molecule has 0 fully saturated rings. The molecule has 0 saturated carbocycles. The lowest BCUT2D eigenvalue weighted by molar-refractivity contribution is -0.137. The fourth-order valence-corrected chi connectivity index (χ4v) is 6.04. The number of amides is 1. The molecule has 3 aromatic rings. The number of nitrogens with one attached hydrogen (secondary N) is 1. The summed E-state index contributed by atoms with van der Waals surface area (Å²) in [5.41, 5.74) is 1.74. The molecule has 2 aromatic carbocycles. The SMILES string of the molecule is CCCCS(=O)(=O)N(CC(=O)N(CCc1c[nH]c2ccccc12)Cc1ccc(C(F)(F)F)cc1)CC(C)C. The van der Waals surface area contributed by atoms with Crippen LogP contribution in [0.3, 0.4) is 0 Å². The van der Waals surface area contributed by atoms with Crippen LogP contribution in [0.25, 0.3) is 10.9 Å². The van der Waals surface area contributed by atoms with Gasteiger partial charge < -0.3 is 9.88 Å². The second-order valence-electron chi connectivity index (χ2n) is 9.98. The van der Waals surface area contributed by atoms with Gasteiger partial charge in [0.05, 0.1) is 17.9 Å². The van der Waals surface area contributed by atoms with Crippen molar-refractivity contribution in [1.29, 1.82) is 0 Å². The van der Waals surface area contributed by atoms with E-state index < -0.39 is 21.8 Å². The Labute approximate surface area is 222 Å². The molecule has 0 aliphatic heterocycles. The van der Waals surface area contributed by atoms with Crippen molar-refractivity contribution in [2.45, 2.75) is 52.8 Å². The summed E-state index contributed by atoms with van der Waals surface area (Å²) in [7, 11) is -3.63. The lowest BCUT2D eigenvalue weighted by Crippen LogP contribution is -2.45. The van der Waals surface area contributed by atoms with Crippen molar-refractivity contribution < 1.29 is 26.4 Å². The van der Waals surface area contributed by atoms with Gasteiger partial charge in [-0.3, -0.25) is 4.79 Å². The molecule has 38 heavy (non-hydrogen) atoms. The second-order valence-corrected chi connectivity index (χ2v) is 12.1. The highest BCUT2D eigenvalue weighted by Crippen LogP contribution is 2.29. The summed E-state index contributed by atoms with van der Waals surface area (Å²) in [6, 6.07) is 12.5. The Hall–Kier alpha value is -2.85. The van der Waals surface area contributed by atoms with Gasteiger partial charge in [-0.15, -0.1) is 0 Å². The number of carbonyl (C=O) groups excluding carboxylic acids is 1. The number of benzene rings is 2. The molecular weight excluding hydrogens is 515 g/mol. The normalized spacial score (nSPS) is 12.5. The minimum atomic E-state index is -4.45. The fraction of sp³-hybridized carbons (Fsp3) is 0.464. The number of fused-ring (bicyclic) bond motifs is 1. The number of rotatable bonds is 13. The van der Waals surface area contributed by atoms with Gasteiger partial charge in [0, 0.05) is 36.7 Å². The molecule has 0 atom stereocenters. The van der Waals surface area contributed by atoms with Crippen molar-refractivity contribution >= 4 is 26.8 Å². The first-order valence-electron chi connectivity index (χ1n) is 12.9. The molecule has 0 radical (unpaired) electrons. The van der Waals surface area contributed by atoms with Gasteiger partial charge in [0.2, 0.25) is 15.9 Å². The first-order chi connectivity index (χ1) is 17.9. The molecule has 1 N–H and O–H groups in total. The number of unbranched alkanes of at least 4 members (excludes halogenated alkanes) is 1. The van der Waals surface area contributed by atoms with E-state index >= 15 is 0 Å². The van der Waals surface area contributed by atoms with E-state index in [1.165, 1.54) is 21.3 Å². The maximum Gasteiger partial charge on any atom is 0.416 e. The summed E-state index contributed by atoms with van der Waals surface area (Å²) in [5, 5.41) is 1.03. The van der Waals surface area contributed by atoms with Crippen LogP contribution in [0.2, 0.25) is 0 Å². The van der Waals surface area contributed by atoms with Crippen molar-refractivity contribution in [3.63, 3.8) is 0 Å². The van der Waals surface area contributed by atoms with Crippen LogP contribution >= 0.6 is 0 Å². The number of para-hydroxylation sites is 1. The average Bonchev–Trinajstić information content (AvgIpc) is 3.27. The maximum absolute atomic E-state index is 13.5. The topological polar surface area (TPSA) is 73.5 Å². The highest BCUT2D eigenvalue weighted by Gasteiger charge is 2.30. The zero-order valence-electron chi connectivity index (χ0n) is 22.1. The summed E-state index contributed by atoms with van der Waals surface area (Å²) in [5.74, 6) is -0.392. The number of sulfonamides is 1. The number of nitrogens with zero attached hydrogens (tertiary/aromatic N) is 2. The van der Waals surface area contributed by atoms with Crippen LogP contribution in [0.15, 0.2) is 54.7 Å². The van der Waals surface area contributed by atoms with E-state index in [0.29, 0.717) is 24.8 Å². The number of alkyl halides is 3. The third kappa shape index (κ3) is 8.07. The van der Waals surface area contributed by atoms with Crippen molar-refractivity contribution in [3.05, 3.63) is 71.4 Å². The van der Waals surface area contributed by atoms with Gasteiger partial charge >= 0.3 is 6.18 Å². The van der Waals surface area contributed by atoms with Crippen molar-refractivity contribution in [2.75, 3.05) is 25.4 Å². The maximum atomic E-state index is 13.5. The lowest BCUT2D eigenvalue weighted by Gasteiger charge is -2.28. The van der Waals surface area contributed by atoms with E-state index in [2.05, 4.69) is 4.98 Å². The zero-order valence-corrected chi connectivity index (χ0v) is 22.9.